The van der Waals surface area contributed by atoms with Crippen LogP contribution in [0.15, 0.2) is 12.4 Å². The number of aromatic nitrogens is 2. The number of aryl methyl sites for hydroxylation is 1. The number of amides is 2. The van der Waals surface area contributed by atoms with Crippen molar-refractivity contribution < 1.29 is 9.59 Å². The van der Waals surface area contributed by atoms with Crippen molar-refractivity contribution in [2.24, 2.45) is 5.41 Å². The van der Waals surface area contributed by atoms with Crippen LogP contribution < -0.4 is 5.32 Å². The molecule has 1 aliphatic carbocycles. The molecule has 1 saturated heterocycles. The van der Waals surface area contributed by atoms with E-state index in [-0.39, 0.29) is 11.8 Å². The Balaban J connectivity index is 1.61. The molecule has 0 radical (unpaired) electrons. The lowest BCUT2D eigenvalue weighted by molar-refractivity contribution is -0.141. The highest BCUT2D eigenvalue weighted by Crippen LogP contribution is 2.31. The fourth-order valence-electron chi connectivity index (χ4n) is 3.88. The van der Waals surface area contributed by atoms with Crippen molar-refractivity contribution in [3.05, 3.63) is 18.2 Å². The summed E-state index contributed by atoms with van der Waals surface area (Å²) in [5.41, 5.74) is -0.472. The summed E-state index contributed by atoms with van der Waals surface area (Å²) in [6, 6.07) is 0.328. The molecule has 2 heterocycles. The summed E-state index contributed by atoms with van der Waals surface area (Å²) in [5.74, 6) is 1.02. The van der Waals surface area contributed by atoms with Gasteiger partial charge in [-0.25, -0.2) is 4.98 Å². The highest BCUT2D eigenvalue weighted by Gasteiger charge is 2.40. The Morgan fingerprint density at radius 3 is 2.75 bits per heavy atom. The summed E-state index contributed by atoms with van der Waals surface area (Å²) in [4.78, 5) is 31.4. The first-order valence-electron chi connectivity index (χ1n) is 9.04. The Hall–Kier alpha value is -1.85. The quantitative estimate of drug-likeness (QED) is 0.915. The van der Waals surface area contributed by atoms with Gasteiger partial charge < -0.3 is 14.8 Å². The third kappa shape index (κ3) is 3.62. The zero-order valence-corrected chi connectivity index (χ0v) is 14.8. The molecule has 6 heteroatoms. The van der Waals surface area contributed by atoms with E-state index in [0.717, 1.165) is 38.1 Å². The molecule has 1 unspecified atom stereocenters. The Kier molecular flexibility index (Phi) is 4.92. The zero-order valence-electron chi connectivity index (χ0n) is 14.8. The molecule has 0 aromatic carbocycles. The first-order chi connectivity index (χ1) is 11.5. The summed E-state index contributed by atoms with van der Waals surface area (Å²) in [7, 11) is 0. The number of likely N-dealkylation sites (tertiary alicyclic amines) is 1. The van der Waals surface area contributed by atoms with Gasteiger partial charge >= 0.3 is 0 Å². The number of hydrogen-bond acceptors (Lipinski definition) is 3. The molecule has 0 bridgehead atoms. The molecule has 3 rings (SSSR count). The molecule has 1 atom stereocenters. The predicted octanol–water partition coefficient (Wildman–Crippen LogP) is 1.88. The molecule has 0 spiro atoms. The standard InChI is InChI=1S/C18H28N4O2/c1-14-19-9-11-21(14)12-16(23)22-10-5-8-18(2,13-22)17(24)20-15-6-3-4-7-15/h9,11,15H,3-8,10,12-13H2,1-2H3,(H,20,24). The molecule has 24 heavy (non-hydrogen) atoms. The lowest BCUT2D eigenvalue weighted by Gasteiger charge is -2.40. The molecule has 132 valence electrons. The molecule has 1 N–H and O–H groups in total. The first-order valence-corrected chi connectivity index (χ1v) is 9.04. The molecule has 1 saturated carbocycles. The highest BCUT2D eigenvalue weighted by molar-refractivity contribution is 5.84. The van der Waals surface area contributed by atoms with E-state index in [1.807, 2.05) is 29.5 Å². The summed E-state index contributed by atoms with van der Waals surface area (Å²) in [5, 5.41) is 3.21. The third-order valence-corrected chi connectivity index (χ3v) is 5.52. The monoisotopic (exact) mass is 332 g/mol. The average Bonchev–Trinajstić information content (AvgIpc) is 3.20. The number of nitrogens with one attached hydrogen (secondary N) is 1. The van der Waals surface area contributed by atoms with E-state index in [1.165, 1.54) is 12.8 Å². The maximum absolute atomic E-state index is 12.8. The van der Waals surface area contributed by atoms with Crippen LogP contribution in [0.3, 0.4) is 0 Å². The van der Waals surface area contributed by atoms with E-state index in [2.05, 4.69) is 10.3 Å². The van der Waals surface area contributed by atoms with Gasteiger partial charge in [0.25, 0.3) is 0 Å². The van der Waals surface area contributed by atoms with Gasteiger partial charge in [0.05, 0.1) is 5.41 Å². The second kappa shape index (κ2) is 6.95. The second-order valence-electron chi connectivity index (χ2n) is 7.54. The fourth-order valence-corrected chi connectivity index (χ4v) is 3.88. The Bertz CT molecular complexity index is 606. The fraction of sp³-hybridized carbons (Fsp3) is 0.722. The molecule has 1 aliphatic heterocycles. The van der Waals surface area contributed by atoms with Crippen LogP contribution in [-0.4, -0.2) is 45.4 Å². The number of imidazole rings is 1. The number of nitrogens with zero attached hydrogens (tertiary/aromatic N) is 3. The van der Waals surface area contributed by atoms with Crippen LogP contribution >= 0.6 is 0 Å². The molecular weight excluding hydrogens is 304 g/mol. The molecule has 2 fully saturated rings. The lowest BCUT2D eigenvalue weighted by atomic mass is 9.80. The van der Waals surface area contributed by atoms with Crippen molar-refractivity contribution in [1.82, 2.24) is 19.8 Å². The van der Waals surface area contributed by atoms with Gasteiger partial charge in [0, 0.05) is 31.5 Å². The number of carbonyl (C=O) groups excluding carboxylic acids is 2. The van der Waals surface area contributed by atoms with Crippen molar-refractivity contribution in [3.63, 3.8) is 0 Å². The number of carbonyl (C=O) groups is 2. The second-order valence-corrected chi connectivity index (χ2v) is 7.54. The van der Waals surface area contributed by atoms with E-state index < -0.39 is 5.41 Å². The van der Waals surface area contributed by atoms with E-state index in [4.69, 9.17) is 0 Å². The molecule has 2 amide bonds. The van der Waals surface area contributed by atoms with E-state index in [0.29, 0.717) is 19.1 Å². The van der Waals surface area contributed by atoms with Crippen LogP contribution in [0.5, 0.6) is 0 Å². The minimum absolute atomic E-state index is 0.0655. The zero-order chi connectivity index (χ0) is 17.2. The normalized spacial score (nSPS) is 25.0. The van der Waals surface area contributed by atoms with Crippen LogP contribution in [0.4, 0.5) is 0 Å². The van der Waals surface area contributed by atoms with Crippen molar-refractivity contribution in [2.75, 3.05) is 13.1 Å². The highest BCUT2D eigenvalue weighted by atomic mass is 16.2. The minimum atomic E-state index is -0.472. The smallest absolute Gasteiger partial charge is 0.242 e. The molecule has 1 aromatic rings. The van der Waals surface area contributed by atoms with Crippen LogP contribution in [0.25, 0.3) is 0 Å². The van der Waals surface area contributed by atoms with Crippen molar-refractivity contribution in [3.8, 4) is 0 Å². The topological polar surface area (TPSA) is 67.2 Å². The molecule has 1 aromatic heterocycles. The maximum atomic E-state index is 12.8. The van der Waals surface area contributed by atoms with Crippen molar-refractivity contribution in [1.29, 1.82) is 0 Å². The number of piperidine rings is 1. The van der Waals surface area contributed by atoms with Gasteiger partial charge in [-0.05, 0) is 39.5 Å². The Morgan fingerprint density at radius 1 is 1.33 bits per heavy atom. The molecule has 2 aliphatic rings. The van der Waals surface area contributed by atoms with Gasteiger partial charge in [0.1, 0.15) is 12.4 Å². The van der Waals surface area contributed by atoms with Crippen LogP contribution in [0.1, 0.15) is 51.3 Å². The summed E-state index contributed by atoms with van der Waals surface area (Å²) in [6.45, 7) is 5.44. The van der Waals surface area contributed by atoms with E-state index in [9.17, 15) is 9.59 Å². The van der Waals surface area contributed by atoms with Gasteiger partial charge in [-0.2, -0.15) is 0 Å². The Morgan fingerprint density at radius 2 is 2.08 bits per heavy atom. The van der Waals surface area contributed by atoms with Crippen LogP contribution in [0.2, 0.25) is 0 Å². The van der Waals surface area contributed by atoms with E-state index in [1.54, 1.807) is 6.20 Å². The van der Waals surface area contributed by atoms with Crippen molar-refractivity contribution >= 4 is 11.8 Å². The van der Waals surface area contributed by atoms with Gasteiger partial charge in [-0.1, -0.05) is 12.8 Å². The first kappa shape index (κ1) is 17.0. The summed E-state index contributed by atoms with van der Waals surface area (Å²) in [6.07, 6.45) is 9.84. The molecular formula is C18H28N4O2. The van der Waals surface area contributed by atoms with Gasteiger partial charge in [0.15, 0.2) is 0 Å². The third-order valence-electron chi connectivity index (χ3n) is 5.52. The summed E-state index contributed by atoms with van der Waals surface area (Å²) < 4.78 is 1.85. The van der Waals surface area contributed by atoms with Crippen LogP contribution in [0, 0.1) is 12.3 Å². The minimum Gasteiger partial charge on any atom is -0.353 e. The van der Waals surface area contributed by atoms with Gasteiger partial charge in [-0.3, -0.25) is 9.59 Å². The number of hydrogen-bond donors (Lipinski definition) is 1. The maximum Gasteiger partial charge on any atom is 0.242 e. The number of rotatable bonds is 4. The Labute approximate surface area is 143 Å². The predicted molar refractivity (Wildman–Crippen MR) is 91.3 cm³/mol. The largest absolute Gasteiger partial charge is 0.353 e. The van der Waals surface area contributed by atoms with Crippen molar-refractivity contribution in [2.45, 2.75) is 65.0 Å². The lowest BCUT2D eigenvalue weighted by Crippen LogP contribution is -2.53. The SMILES string of the molecule is Cc1nccn1CC(=O)N1CCCC(C)(C(=O)NC2CCCC2)C1. The summed E-state index contributed by atoms with van der Waals surface area (Å²) >= 11 is 0. The average molecular weight is 332 g/mol. The van der Waals surface area contributed by atoms with Gasteiger partial charge in [-0.15, -0.1) is 0 Å². The van der Waals surface area contributed by atoms with E-state index >= 15 is 0 Å². The van der Waals surface area contributed by atoms with Gasteiger partial charge in [0.2, 0.25) is 11.8 Å². The van der Waals surface area contributed by atoms with Crippen LogP contribution in [-0.2, 0) is 16.1 Å². The molecule has 6 nitrogen and oxygen atoms in total.